The zero-order chi connectivity index (χ0) is 17.6. The first-order valence-corrected chi connectivity index (χ1v) is 7.70. The number of primary amides is 1. The van der Waals surface area contributed by atoms with Gasteiger partial charge in [-0.25, -0.2) is 9.38 Å². The molecule has 0 atom stereocenters. The maximum absolute atomic E-state index is 14.3. The average Bonchev–Trinajstić information content (AvgIpc) is 2.97. The van der Waals surface area contributed by atoms with Crippen LogP contribution in [0.2, 0.25) is 5.02 Å². The molecule has 6 nitrogen and oxygen atoms in total. The summed E-state index contributed by atoms with van der Waals surface area (Å²) in [6, 6.07) is 9.30. The number of H-pyrrole nitrogens is 1. The van der Waals surface area contributed by atoms with Gasteiger partial charge in [-0.2, -0.15) is 5.10 Å². The summed E-state index contributed by atoms with van der Waals surface area (Å²) in [5, 5.41) is 10.1. The molecule has 0 fully saturated rings. The van der Waals surface area contributed by atoms with Crippen molar-refractivity contribution in [1.82, 2.24) is 10.2 Å². The average molecular weight is 356 g/mol. The van der Waals surface area contributed by atoms with Gasteiger partial charge in [0.05, 0.1) is 22.5 Å². The number of fused-ring (bicyclic) bond motifs is 3. The van der Waals surface area contributed by atoms with Crippen LogP contribution in [0.4, 0.5) is 15.8 Å². The molecular weight excluding hydrogens is 345 g/mol. The van der Waals surface area contributed by atoms with Gasteiger partial charge in [0.1, 0.15) is 17.3 Å². The zero-order valence-electron chi connectivity index (χ0n) is 12.7. The fourth-order valence-corrected chi connectivity index (χ4v) is 2.95. The number of aromatic nitrogens is 2. The molecule has 1 aliphatic heterocycles. The number of hydrogen-bond acceptors (Lipinski definition) is 4. The van der Waals surface area contributed by atoms with Gasteiger partial charge >= 0.3 is 0 Å². The maximum atomic E-state index is 14.3. The number of anilines is 1. The van der Waals surface area contributed by atoms with Crippen LogP contribution in [0.15, 0.2) is 47.6 Å². The molecule has 4 rings (SSSR count). The summed E-state index contributed by atoms with van der Waals surface area (Å²) < 4.78 is 14.3. The molecule has 2 heterocycles. The number of rotatable bonds is 2. The minimum atomic E-state index is -0.550. The molecule has 1 aliphatic rings. The van der Waals surface area contributed by atoms with Crippen LogP contribution in [0, 0.1) is 5.82 Å². The topological polar surface area (TPSA) is 96.2 Å². The van der Waals surface area contributed by atoms with E-state index in [1.807, 2.05) is 0 Å². The van der Waals surface area contributed by atoms with Gasteiger partial charge in [-0.3, -0.25) is 9.89 Å². The van der Waals surface area contributed by atoms with Crippen molar-refractivity contribution < 1.29 is 9.18 Å². The molecule has 0 unspecified atom stereocenters. The molecule has 0 bridgehead atoms. The third kappa shape index (κ3) is 2.54. The third-order valence-corrected chi connectivity index (χ3v) is 4.19. The largest absolute Gasteiger partial charge is 0.366 e. The highest BCUT2D eigenvalue weighted by Crippen LogP contribution is 2.38. The van der Waals surface area contributed by atoms with Crippen molar-refractivity contribution in [2.75, 3.05) is 5.32 Å². The molecule has 4 N–H and O–H groups in total. The van der Waals surface area contributed by atoms with Gasteiger partial charge < -0.3 is 11.1 Å². The number of nitrogens with one attached hydrogen (secondary N) is 2. The SMILES string of the molecule is NC(=O)c1ccc2c(c1)-c1[nH]ncc1N=C(c1c(F)cccc1Cl)N2. The van der Waals surface area contributed by atoms with Crippen LogP contribution in [-0.4, -0.2) is 21.9 Å². The Labute approximate surface area is 146 Å². The number of benzene rings is 2. The molecule has 0 radical (unpaired) electrons. The van der Waals surface area contributed by atoms with Crippen LogP contribution in [0.25, 0.3) is 11.3 Å². The number of halogens is 2. The number of hydrogen-bond donors (Lipinski definition) is 3. The van der Waals surface area contributed by atoms with Crippen molar-refractivity contribution in [3.8, 4) is 11.3 Å². The minimum Gasteiger partial charge on any atom is -0.366 e. The predicted octanol–water partition coefficient (Wildman–Crippen LogP) is 3.47. The number of carbonyl (C=O) groups is 1. The minimum absolute atomic E-state index is 0.156. The van der Waals surface area contributed by atoms with E-state index in [0.29, 0.717) is 28.2 Å². The number of nitrogens with zero attached hydrogens (tertiary/aromatic N) is 2. The summed E-state index contributed by atoms with van der Waals surface area (Å²) in [5.41, 5.74) is 8.20. The van der Waals surface area contributed by atoms with Gasteiger partial charge in [0.25, 0.3) is 0 Å². The Bertz CT molecular complexity index is 1020. The van der Waals surface area contributed by atoms with E-state index in [4.69, 9.17) is 17.3 Å². The lowest BCUT2D eigenvalue weighted by atomic mass is 10.0. The molecule has 3 aromatic rings. The standard InChI is InChI=1S/C17H11ClFN5O/c18-10-2-1-3-11(19)14(10)17-22-12-5-4-8(16(20)25)6-9(12)15-13(23-17)7-21-24-15/h1-7H,(H2,20,25)(H,21,24)(H,22,23). The van der Waals surface area contributed by atoms with E-state index < -0.39 is 11.7 Å². The van der Waals surface area contributed by atoms with E-state index in [1.165, 1.54) is 18.3 Å². The van der Waals surface area contributed by atoms with E-state index in [-0.39, 0.29) is 16.4 Å². The number of carbonyl (C=O) groups excluding carboxylic acids is 1. The van der Waals surface area contributed by atoms with Gasteiger partial charge in [0.15, 0.2) is 0 Å². The highest BCUT2D eigenvalue weighted by molar-refractivity contribution is 6.35. The lowest BCUT2D eigenvalue weighted by Gasteiger charge is -2.13. The molecule has 1 amide bonds. The second-order valence-corrected chi connectivity index (χ2v) is 5.84. The summed E-state index contributed by atoms with van der Waals surface area (Å²) in [6.45, 7) is 0. The van der Waals surface area contributed by atoms with Crippen molar-refractivity contribution >= 4 is 34.7 Å². The van der Waals surface area contributed by atoms with Gasteiger partial charge in [0.2, 0.25) is 5.91 Å². The molecule has 0 aliphatic carbocycles. The second kappa shape index (κ2) is 5.71. The molecule has 2 aromatic carbocycles. The Morgan fingerprint density at radius 3 is 2.84 bits per heavy atom. The Morgan fingerprint density at radius 1 is 1.24 bits per heavy atom. The van der Waals surface area contributed by atoms with Gasteiger partial charge in [0, 0.05) is 16.8 Å². The molecule has 8 heteroatoms. The first kappa shape index (κ1) is 15.3. The third-order valence-electron chi connectivity index (χ3n) is 3.88. The molecule has 0 spiro atoms. The number of aromatic amines is 1. The summed E-state index contributed by atoms with van der Waals surface area (Å²) in [7, 11) is 0. The first-order valence-electron chi connectivity index (χ1n) is 7.32. The molecule has 0 saturated heterocycles. The Morgan fingerprint density at radius 2 is 2.08 bits per heavy atom. The van der Waals surface area contributed by atoms with Crippen molar-refractivity contribution in [3.05, 3.63) is 64.6 Å². The van der Waals surface area contributed by atoms with Gasteiger partial charge in [-0.05, 0) is 30.3 Å². The Hall–Kier alpha value is -3.19. The van der Waals surface area contributed by atoms with Crippen molar-refractivity contribution in [2.24, 2.45) is 10.7 Å². The van der Waals surface area contributed by atoms with Crippen LogP contribution in [0.3, 0.4) is 0 Å². The maximum Gasteiger partial charge on any atom is 0.248 e. The zero-order valence-corrected chi connectivity index (χ0v) is 13.4. The number of amides is 1. The van der Waals surface area contributed by atoms with Crippen LogP contribution in [0.5, 0.6) is 0 Å². The highest BCUT2D eigenvalue weighted by atomic mass is 35.5. The van der Waals surface area contributed by atoms with Crippen LogP contribution in [-0.2, 0) is 0 Å². The molecular formula is C17H11ClFN5O. The summed E-state index contributed by atoms with van der Waals surface area (Å²) >= 11 is 6.17. The number of aliphatic imine (C=N–C) groups is 1. The molecule has 124 valence electrons. The Balaban J connectivity index is 1.94. The molecule has 25 heavy (non-hydrogen) atoms. The second-order valence-electron chi connectivity index (χ2n) is 5.44. The lowest BCUT2D eigenvalue weighted by Crippen LogP contribution is -2.16. The smallest absolute Gasteiger partial charge is 0.248 e. The van der Waals surface area contributed by atoms with E-state index in [0.717, 1.165) is 0 Å². The van der Waals surface area contributed by atoms with E-state index >= 15 is 0 Å². The summed E-state index contributed by atoms with van der Waals surface area (Å²) in [5.74, 6) is -0.802. The quantitative estimate of drug-likeness (QED) is 0.656. The first-order chi connectivity index (χ1) is 12.0. The van der Waals surface area contributed by atoms with Crippen LogP contribution >= 0.6 is 11.6 Å². The lowest BCUT2D eigenvalue weighted by molar-refractivity contribution is 0.100. The van der Waals surface area contributed by atoms with Crippen molar-refractivity contribution in [3.63, 3.8) is 0 Å². The normalized spacial score (nSPS) is 12.5. The van der Waals surface area contributed by atoms with Crippen molar-refractivity contribution in [2.45, 2.75) is 0 Å². The summed E-state index contributed by atoms with van der Waals surface area (Å²) in [4.78, 5) is 15.9. The van der Waals surface area contributed by atoms with E-state index in [1.54, 1.807) is 24.3 Å². The number of amidine groups is 1. The van der Waals surface area contributed by atoms with Gasteiger partial charge in [-0.1, -0.05) is 17.7 Å². The van der Waals surface area contributed by atoms with Crippen LogP contribution in [0.1, 0.15) is 15.9 Å². The van der Waals surface area contributed by atoms with Crippen LogP contribution < -0.4 is 11.1 Å². The summed E-state index contributed by atoms with van der Waals surface area (Å²) in [6.07, 6.45) is 1.51. The van der Waals surface area contributed by atoms with E-state index in [9.17, 15) is 9.18 Å². The van der Waals surface area contributed by atoms with E-state index in [2.05, 4.69) is 20.5 Å². The van der Waals surface area contributed by atoms with Crippen molar-refractivity contribution in [1.29, 1.82) is 0 Å². The monoisotopic (exact) mass is 355 g/mol. The fourth-order valence-electron chi connectivity index (χ4n) is 2.69. The fraction of sp³-hybridized carbons (Fsp3) is 0. The number of nitrogens with two attached hydrogens (primary N) is 1. The molecule has 1 aromatic heterocycles. The predicted molar refractivity (Wildman–Crippen MR) is 93.8 cm³/mol. The molecule has 0 saturated carbocycles. The Kier molecular flexibility index (Phi) is 3.51. The van der Waals surface area contributed by atoms with Gasteiger partial charge in [-0.15, -0.1) is 0 Å². The highest BCUT2D eigenvalue weighted by Gasteiger charge is 2.22.